The van der Waals surface area contributed by atoms with Crippen molar-refractivity contribution in [2.45, 2.75) is 39.3 Å². The van der Waals surface area contributed by atoms with Gasteiger partial charge >= 0.3 is 5.97 Å². The van der Waals surface area contributed by atoms with E-state index in [0.29, 0.717) is 0 Å². The molecule has 94 valence electrons. The van der Waals surface area contributed by atoms with Crippen LogP contribution in [0.1, 0.15) is 37.4 Å². The highest BCUT2D eigenvalue weighted by atomic mass is 16.4. The molecule has 2 atom stereocenters. The van der Waals surface area contributed by atoms with Gasteiger partial charge in [-0.15, -0.1) is 0 Å². The van der Waals surface area contributed by atoms with Crippen molar-refractivity contribution in [2.75, 3.05) is 7.05 Å². The zero-order valence-electron chi connectivity index (χ0n) is 11.0. The molecule has 0 fully saturated rings. The van der Waals surface area contributed by atoms with E-state index in [-0.39, 0.29) is 6.04 Å². The fraction of sp³-hybridized carbons (Fsp3) is 0.500. The number of aryl methyl sites for hydroxylation is 1. The van der Waals surface area contributed by atoms with E-state index < -0.39 is 12.0 Å². The fourth-order valence-electron chi connectivity index (χ4n) is 1.99. The summed E-state index contributed by atoms with van der Waals surface area (Å²) in [4.78, 5) is 12.9. The van der Waals surface area contributed by atoms with Gasteiger partial charge in [0.2, 0.25) is 0 Å². The first-order chi connectivity index (χ1) is 7.97. The van der Waals surface area contributed by atoms with Gasteiger partial charge in [-0.05, 0) is 32.9 Å². The van der Waals surface area contributed by atoms with Crippen molar-refractivity contribution in [3.05, 3.63) is 35.4 Å². The Morgan fingerprint density at radius 2 is 1.88 bits per heavy atom. The van der Waals surface area contributed by atoms with E-state index in [1.54, 1.807) is 6.92 Å². The SMILES string of the molecule is CCC(c1ccc(C)cc1)N(C)C(C)C(=O)O. The van der Waals surface area contributed by atoms with E-state index in [4.69, 9.17) is 5.11 Å². The molecular formula is C14H21NO2. The number of benzene rings is 1. The van der Waals surface area contributed by atoms with Gasteiger partial charge in [-0.3, -0.25) is 9.69 Å². The molecule has 1 aromatic carbocycles. The molecule has 17 heavy (non-hydrogen) atoms. The molecule has 0 aromatic heterocycles. The second-order valence-corrected chi connectivity index (χ2v) is 4.51. The lowest BCUT2D eigenvalue weighted by atomic mass is 10.0. The molecule has 0 aliphatic carbocycles. The topological polar surface area (TPSA) is 40.5 Å². The molecule has 1 rings (SSSR count). The second kappa shape index (κ2) is 5.82. The summed E-state index contributed by atoms with van der Waals surface area (Å²) in [6, 6.07) is 7.97. The number of nitrogens with zero attached hydrogens (tertiary/aromatic N) is 1. The van der Waals surface area contributed by atoms with Gasteiger partial charge in [0.05, 0.1) is 0 Å². The molecule has 0 saturated carbocycles. The number of carboxylic acids is 1. The maximum Gasteiger partial charge on any atom is 0.320 e. The van der Waals surface area contributed by atoms with E-state index in [2.05, 4.69) is 31.2 Å². The van der Waals surface area contributed by atoms with Crippen LogP contribution < -0.4 is 0 Å². The quantitative estimate of drug-likeness (QED) is 0.853. The largest absolute Gasteiger partial charge is 0.480 e. The highest BCUT2D eigenvalue weighted by Gasteiger charge is 2.24. The van der Waals surface area contributed by atoms with Crippen LogP contribution in [0.4, 0.5) is 0 Å². The zero-order chi connectivity index (χ0) is 13.0. The summed E-state index contributed by atoms with van der Waals surface area (Å²) in [6.07, 6.45) is 0.900. The summed E-state index contributed by atoms with van der Waals surface area (Å²) in [7, 11) is 1.87. The molecule has 0 amide bonds. The van der Waals surface area contributed by atoms with Gasteiger partial charge in [0.15, 0.2) is 0 Å². The minimum absolute atomic E-state index is 0.154. The summed E-state index contributed by atoms with van der Waals surface area (Å²) < 4.78 is 0. The maximum atomic E-state index is 11.0. The first-order valence-corrected chi connectivity index (χ1v) is 5.98. The molecule has 0 spiro atoms. The zero-order valence-corrected chi connectivity index (χ0v) is 11.0. The number of carbonyl (C=O) groups is 1. The van der Waals surface area contributed by atoms with Crippen LogP contribution in [0.3, 0.4) is 0 Å². The average Bonchev–Trinajstić information content (AvgIpc) is 2.31. The third-order valence-electron chi connectivity index (χ3n) is 3.31. The molecular weight excluding hydrogens is 214 g/mol. The van der Waals surface area contributed by atoms with Gasteiger partial charge in [0.25, 0.3) is 0 Å². The summed E-state index contributed by atoms with van der Waals surface area (Å²) in [5.41, 5.74) is 2.39. The predicted molar refractivity (Wildman–Crippen MR) is 69.1 cm³/mol. The number of likely N-dealkylation sites (N-methyl/N-ethyl adjacent to an activating group) is 1. The molecule has 0 bridgehead atoms. The van der Waals surface area contributed by atoms with Crippen LogP contribution in [0.25, 0.3) is 0 Å². The Bertz CT molecular complexity index is 372. The number of rotatable bonds is 5. The van der Waals surface area contributed by atoms with E-state index in [0.717, 1.165) is 6.42 Å². The van der Waals surface area contributed by atoms with Gasteiger partial charge in [0, 0.05) is 6.04 Å². The second-order valence-electron chi connectivity index (χ2n) is 4.51. The molecule has 0 saturated heterocycles. The minimum Gasteiger partial charge on any atom is -0.480 e. The van der Waals surface area contributed by atoms with Crippen LogP contribution in [0.5, 0.6) is 0 Å². The van der Waals surface area contributed by atoms with Crippen LogP contribution in [-0.4, -0.2) is 29.1 Å². The predicted octanol–water partition coefficient (Wildman–Crippen LogP) is 2.85. The first kappa shape index (κ1) is 13.7. The van der Waals surface area contributed by atoms with Crippen LogP contribution in [-0.2, 0) is 4.79 Å². The van der Waals surface area contributed by atoms with E-state index in [9.17, 15) is 4.79 Å². The fourth-order valence-corrected chi connectivity index (χ4v) is 1.99. The Labute approximate surface area is 103 Å². The Balaban J connectivity index is 2.91. The van der Waals surface area contributed by atoms with Crippen LogP contribution in [0.15, 0.2) is 24.3 Å². The lowest BCUT2D eigenvalue weighted by molar-refractivity contribution is -0.143. The molecule has 1 N–H and O–H groups in total. The molecule has 2 unspecified atom stereocenters. The third-order valence-corrected chi connectivity index (χ3v) is 3.31. The Morgan fingerprint density at radius 1 is 1.35 bits per heavy atom. The van der Waals surface area contributed by atoms with Crippen molar-refractivity contribution in [1.82, 2.24) is 4.90 Å². The summed E-state index contributed by atoms with van der Waals surface area (Å²) in [5, 5.41) is 9.05. The van der Waals surface area contributed by atoms with Crippen molar-refractivity contribution in [3.63, 3.8) is 0 Å². The number of carboxylic acid groups (broad SMARTS) is 1. The van der Waals surface area contributed by atoms with E-state index in [1.165, 1.54) is 11.1 Å². The molecule has 0 heterocycles. The van der Waals surface area contributed by atoms with Crippen molar-refractivity contribution < 1.29 is 9.90 Å². The smallest absolute Gasteiger partial charge is 0.320 e. The van der Waals surface area contributed by atoms with Crippen molar-refractivity contribution in [1.29, 1.82) is 0 Å². The summed E-state index contributed by atoms with van der Waals surface area (Å²) >= 11 is 0. The monoisotopic (exact) mass is 235 g/mol. The normalized spacial score (nSPS) is 14.6. The van der Waals surface area contributed by atoms with E-state index in [1.807, 2.05) is 18.9 Å². The standard InChI is InChI=1S/C14H21NO2/c1-5-13(15(4)11(3)14(16)17)12-8-6-10(2)7-9-12/h6-9,11,13H,5H2,1-4H3,(H,16,17). The van der Waals surface area contributed by atoms with Gasteiger partial charge in [0.1, 0.15) is 6.04 Å². The van der Waals surface area contributed by atoms with Gasteiger partial charge < -0.3 is 5.11 Å². The molecule has 0 radical (unpaired) electrons. The lowest BCUT2D eigenvalue weighted by Gasteiger charge is -2.30. The molecule has 3 nitrogen and oxygen atoms in total. The average molecular weight is 235 g/mol. The third kappa shape index (κ3) is 3.30. The summed E-state index contributed by atoms with van der Waals surface area (Å²) in [5.74, 6) is -0.780. The molecule has 3 heteroatoms. The van der Waals surface area contributed by atoms with Gasteiger partial charge in [-0.25, -0.2) is 0 Å². The maximum absolute atomic E-state index is 11.0. The Morgan fingerprint density at radius 3 is 2.29 bits per heavy atom. The van der Waals surface area contributed by atoms with Crippen LogP contribution >= 0.6 is 0 Å². The number of hydrogen-bond donors (Lipinski definition) is 1. The van der Waals surface area contributed by atoms with Gasteiger partial charge in [-0.2, -0.15) is 0 Å². The molecule has 0 aliphatic rings. The van der Waals surface area contributed by atoms with Crippen LogP contribution in [0, 0.1) is 6.92 Å². The highest BCUT2D eigenvalue weighted by Crippen LogP contribution is 2.24. The van der Waals surface area contributed by atoms with Crippen molar-refractivity contribution in [3.8, 4) is 0 Å². The number of aliphatic carboxylic acids is 1. The molecule has 1 aromatic rings. The molecule has 0 aliphatic heterocycles. The minimum atomic E-state index is -0.780. The van der Waals surface area contributed by atoms with Gasteiger partial charge in [-0.1, -0.05) is 36.8 Å². The Hall–Kier alpha value is -1.35. The van der Waals surface area contributed by atoms with E-state index >= 15 is 0 Å². The van der Waals surface area contributed by atoms with Crippen molar-refractivity contribution in [2.24, 2.45) is 0 Å². The summed E-state index contributed by atoms with van der Waals surface area (Å²) in [6.45, 7) is 5.85. The van der Waals surface area contributed by atoms with Crippen LogP contribution in [0.2, 0.25) is 0 Å². The van der Waals surface area contributed by atoms with Crippen molar-refractivity contribution >= 4 is 5.97 Å². The highest BCUT2D eigenvalue weighted by molar-refractivity contribution is 5.72. The Kier molecular flexibility index (Phi) is 4.70. The first-order valence-electron chi connectivity index (χ1n) is 5.98. The lowest BCUT2D eigenvalue weighted by Crippen LogP contribution is -2.38. The number of hydrogen-bond acceptors (Lipinski definition) is 2.